The lowest BCUT2D eigenvalue weighted by Crippen LogP contribution is -2.25. The van der Waals surface area contributed by atoms with Gasteiger partial charge in [0.1, 0.15) is 0 Å². The molecular formula is C14H13N3OS. The first kappa shape index (κ1) is 13.3. The van der Waals surface area contributed by atoms with Crippen molar-refractivity contribution < 1.29 is 4.79 Å². The minimum absolute atomic E-state index is 0.0787. The van der Waals surface area contributed by atoms with Crippen molar-refractivity contribution in [2.45, 2.75) is 0 Å². The molecule has 0 aliphatic rings. The summed E-state index contributed by atoms with van der Waals surface area (Å²) in [6, 6.07) is 5.42. The summed E-state index contributed by atoms with van der Waals surface area (Å²) in [5, 5.41) is 1.80. The SMILES string of the molecule is CN(C(=O)c1csc(C#CCN)c1)c1cccnc1. The van der Waals surface area contributed by atoms with Crippen LogP contribution in [0, 0.1) is 11.8 Å². The zero-order valence-electron chi connectivity index (χ0n) is 10.5. The van der Waals surface area contributed by atoms with Gasteiger partial charge >= 0.3 is 0 Å². The van der Waals surface area contributed by atoms with Crippen LogP contribution >= 0.6 is 11.3 Å². The molecule has 0 bridgehead atoms. The Balaban J connectivity index is 2.18. The highest BCUT2D eigenvalue weighted by Crippen LogP contribution is 2.18. The zero-order chi connectivity index (χ0) is 13.7. The summed E-state index contributed by atoms with van der Waals surface area (Å²) >= 11 is 1.44. The molecule has 2 aromatic heterocycles. The number of nitrogens with zero attached hydrogens (tertiary/aromatic N) is 2. The normalized spacial score (nSPS) is 9.58. The van der Waals surface area contributed by atoms with Crippen LogP contribution in [-0.2, 0) is 0 Å². The summed E-state index contributed by atoms with van der Waals surface area (Å²) in [4.78, 5) is 18.7. The van der Waals surface area contributed by atoms with Crippen molar-refractivity contribution in [2.24, 2.45) is 5.73 Å². The molecule has 4 nitrogen and oxygen atoms in total. The maximum absolute atomic E-state index is 12.3. The second-order valence-electron chi connectivity index (χ2n) is 3.78. The van der Waals surface area contributed by atoms with Gasteiger partial charge in [0.05, 0.1) is 28.9 Å². The van der Waals surface area contributed by atoms with Crippen molar-refractivity contribution in [1.29, 1.82) is 0 Å². The fourth-order valence-corrected chi connectivity index (χ4v) is 2.26. The average molecular weight is 271 g/mol. The number of aromatic nitrogens is 1. The molecule has 2 heterocycles. The highest BCUT2D eigenvalue weighted by atomic mass is 32.1. The molecule has 0 radical (unpaired) electrons. The van der Waals surface area contributed by atoms with E-state index in [9.17, 15) is 4.79 Å². The van der Waals surface area contributed by atoms with Gasteiger partial charge in [0.25, 0.3) is 5.91 Å². The number of hydrogen-bond acceptors (Lipinski definition) is 4. The van der Waals surface area contributed by atoms with Crippen LogP contribution in [0.1, 0.15) is 15.2 Å². The molecule has 2 rings (SSSR count). The van der Waals surface area contributed by atoms with Gasteiger partial charge in [0, 0.05) is 18.6 Å². The van der Waals surface area contributed by atoms with E-state index in [0.717, 1.165) is 10.6 Å². The molecule has 0 atom stereocenters. The van der Waals surface area contributed by atoms with Gasteiger partial charge in [-0.1, -0.05) is 11.8 Å². The number of hydrogen-bond donors (Lipinski definition) is 1. The average Bonchev–Trinajstić information content (AvgIpc) is 2.93. The lowest BCUT2D eigenvalue weighted by atomic mass is 10.2. The summed E-state index contributed by atoms with van der Waals surface area (Å²) in [5.74, 6) is 5.61. The molecule has 0 spiro atoms. The number of thiophene rings is 1. The van der Waals surface area contributed by atoms with E-state index < -0.39 is 0 Å². The van der Waals surface area contributed by atoms with Crippen molar-refractivity contribution in [3.8, 4) is 11.8 Å². The lowest BCUT2D eigenvalue weighted by molar-refractivity contribution is 0.0993. The highest BCUT2D eigenvalue weighted by Gasteiger charge is 2.14. The van der Waals surface area contributed by atoms with Crippen LogP contribution in [0.4, 0.5) is 5.69 Å². The largest absolute Gasteiger partial charge is 0.320 e. The van der Waals surface area contributed by atoms with Crippen molar-refractivity contribution in [2.75, 3.05) is 18.5 Å². The Hall–Kier alpha value is -2.16. The summed E-state index contributed by atoms with van der Waals surface area (Å²) in [6.45, 7) is 0.316. The molecule has 5 heteroatoms. The first-order valence-corrected chi connectivity index (χ1v) is 6.56. The molecule has 0 unspecified atom stereocenters. The summed E-state index contributed by atoms with van der Waals surface area (Å²) < 4.78 is 0. The van der Waals surface area contributed by atoms with Crippen LogP contribution in [0.2, 0.25) is 0 Å². The molecule has 0 saturated heterocycles. The van der Waals surface area contributed by atoms with Crippen molar-refractivity contribution in [1.82, 2.24) is 4.98 Å². The van der Waals surface area contributed by atoms with Crippen LogP contribution < -0.4 is 10.6 Å². The van der Waals surface area contributed by atoms with E-state index in [-0.39, 0.29) is 5.91 Å². The molecule has 2 N–H and O–H groups in total. The van der Waals surface area contributed by atoms with E-state index in [1.54, 1.807) is 41.9 Å². The third-order valence-corrected chi connectivity index (χ3v) is 3.34. The van der Waals surface area contributed by atoms with Gasteiger partial charge in [-0.05, 0) is 18.2 Å². The molecule has 0 saturated carbocycles. The lowest BCUT2D eigenvalue weighted by Gasteiger charge is -2.15. The Morgan fingerprint density at radius 3 is 3.11 bits per heavy atom. The topological polar surface area (TPSA) is 59.2 Å². The number of pyridine rings is 1. The summed E-state index contributed by atoms with van der Waals surface area (Å²) in [6.07, 6.45) is 3.33. The Kier molecular flexibility index (Phi) is 4.29. The molecule has 96 valence electrons. The van der Waals surface area contributed by atoms with E-state index in [1.165, 1.54) is 11.3 Å². The Morgan fingerprint density at radius 2 is 2.42 bits per heavy atom. The van der Waals surface area contributed by atoms with Gasteiger partial charge in [-0.15, -0.1) is 11.3 Å². The van der Waals surface area contributed by atoms with E-state index >= 15 is 0 Å². The number of amides is 1. The predicted octanol–water partition coefficient (Wildman–Crippen LogP) is 1.73. The molecule has 19 heavy (non-hydrogen) atoms. The van der Waals surface area contributed by atoms with Crippen LogP contribution in [0.15, 0.2) is 36.0 Å². The van der Waals surface area contributed by atoms with Crippen molar-refractivity contribution in [3.63, 3.8) is 0 Å². The second-order valence-corrected chi connectivity index (χ2v) is 4.69. The standard InChI is InChI=1S/C14H13N3OS/c1-17(12-4-3-7-16-9-12)14(18)11-8-13(19-10-11)5-2-6-15/h3-4,7-10H,6,15H2,1H3. The maximum Gasteiger partial charge on any atom is 0.258 e. The number of anilines is 1. The van der Waals surface area contributed by atoms with E-state index in [0.29, 0.717) is 12.1 Å². The van der Waals surface area contributed by atoms with Crippen LogP contribution in [0.5, 0.6) is 0 Å². The minimum Gasteiger partial charge on any atom is -0.320 e. The second kappa shape index (κ2) is 6.14. The highest BCUT2D eigenvalue weighted by molar-refractivity contribution is 7.10. The van der Waals surface area contributed by atoms with Crippen LogP contribution in [-0.4, -0.2) is 24.5 Å². The van der Waals surface area contributed by atoms with E-state index in [4.69, 9.17) is 5.73 Å². The monoisotopic (exact) mass is 271 g/mol. The van der Waals surface area contributed by atoms with Gasteiger partial charge in [-0.25, -0.2) is 0 Å². The van der Waals surface area contributed by atoms with E-state index in [1.807, 2.05) is 6.07 Å². The smallest absolute Gasteiger partial charge is 0.258 e. The summed E-state index contributed by atoms with van der Waals surface area (Å²) in [7, 11) is 1.72. The molecule has 1 amide bonds. The number of rotatable bonds is 2. The molecule has 2 aromatic rings. The third kappa shape index (κ3) is 3.19. The molecule has 0 fully saturated rings. The zero-order valence-corrected chi connectivity index (χ0v) is 11.3. The third-order valence-electron chi connectivity index (χ3n) is 2.50. The number of nitrogens with two attached hydrogens (primary N) is 1. The first-order valence-electron chi connectivity index (χ1n) is 5.68. The first-order chi connectivity index (χ1) is 9.22. The van der Waals surface area contributed by atoms with Gasteiger partial charge in [-0.3, -0.25) is 9.78 Å². The molecule has 0 aliphatic heterocycles. The van der Waals surface area contributed by atoms with Gasteiger partial charge < -0.3 is 10.6 Å². The Bertz CT molecular complexity index is 625. The van der Waals surface area contributed by atoms with Crippen molar-refractivity contribution >= 4 is 22.9 Å². The van der Waals surface area contributed by atoms with E-state index in [2.05, 4.69) is 16.8 Å². The minimum atomic E-state index is -0.0787. The van der Waals surface area contributed by atoms with Gasteiger partial charge in [0.15, 0.2) is 0 Å². The van der Waals surface area contributed by atoms with Crippen molar-refractivity contribution in [3.05, 3.63) is 46.4 Å². The van der Waals surface area contributed by atoms with Crippen LogP contribution in [0.3, 0.4) is 0 Å². The van der Waals surface area contributed by atoms with Gasteiger partial charge in [-0.2, -0.15) is 0 Å². The quantitative estimate of drug-likeness (QED) is 0.846. The predicted molar refractivity (Wildman–Crippen MR) is 77.2 cm³/mol. The Morgan fingerprint density at radius 1 is 1.58 bits per heavy atom. The number of carbonyl (C=O) groups is 1. The fourth-order valence-electron chi connectivity index (χ4n) is 1.52. The molecule has 0 aromatic carbocycles. The van der Waals surface area contributed by atoms with Gasteiger partial charge in [0.2, 0.25) is 0 Å². The molecule has 0 aliphatic carbocycles. The fraction of sp³-hybridized carbons (Fsp3) is 0.143. The van der Waals surface area contributed by atoms with Crippen LogP contribution in [0.25, 0.3) is 0 Å². The summed E-state index contributed by atoms with van der Waals surface area (Å²) in [5.41, 5.74) is 6.70. The Labute approximate surface area is 115 Å². The molecular weight excluding hydrogens is 258 g/mol. The maximum atomic E-state index is 12.3. The number of carbonyl (C=O) groups excluding carboxylic acids is 1.